The Morgan fingerprint density at radius 3 is 2.11 bits per heavy atom. The number of nitrogens with zero attached hydrogens (tertiary/aromatic N) is 1. The van der Waals surface area contributed by atoms with Crippen LogP contribution in [-0.4, -0.2) is 17.1 Å². The number of anilines is 3. The Bertz CT molecular complexity index is 1160. The van der Waals surface area contributed by atoms with Crippen molar-refractivity contribution in [2.24, 2.45) is 5.92 Å². The van der Waals surface area contributed by atoms with Gasteiger partial charge in [-0.2, -0.15) is 0 Å². The highest BCUT2D eigenvalue weighted by Gasteiger charge is 2.32. The van der Waals surface area contributed by atoms with E-state index in [2.05, 4.69) is 24.4 Å². The Kier molecular flexibility index (Phi) is 7.49. The van der Waals surface area contributed by atoms with E-state index >= 15 is 0 Å². The highest BCUT2D eigenvalue weighted by atomic mass is 32.2. The van der Waals surface area contributed by atoms with Crippen molar-refractivity contribution >= 4 is 52.4 Å². The van der Waals surface area contributed by atoms with Crippen molar-refractivity contribution in [1.29, 1.82) is 0 Å². The summed E-state index contributed by atoms with van der Waals surface area (Å²) in [7, 11) is 0. The molecule has 1 atom stereocenters. The Morgan fingerprint density at radius 2 is 1.51 bits per heavy atom. The largest absolute Gasteiger partial charge is 0.326 e. The van der Waals surface area contributed by atoms with Crippen LogP contribution in [0, 0.1) is 5.92 Å². The Balaban J connectivity index is 1.31. The molecule has 3 aromatic rings. The van der Waals surface area contributed by atoms with Gasteiger partial charge in [-0.1, -0.05) is 62.2 Å². The molecular weight excluding hydrogens is 472 g/mol. The lowest BCUT2D eigenvalue weighted by Gasteiger charge is -2.33. The van der Waals surface area contributed by atoms with E-state index in [1.807, 2.05) is 65.6 Å². The third kappa shape index (κ3) is 5.29. The number of amides is 2. The highest BCUT2D eigenvalue weighted by Crippen LogP contribution is 2.48. The second kappa shape index (κ2) is 10.9. The standard InChI is InChI=1S/C29H30N2O2S2/c1-2-25(34-22-18-16-21(17-19-22)30-28(32)20-10-4-3-5-11-20)29(33)31-23-12-6-8-14-26(23)35-27-15-9-7-13-24(27)31/h6-9,12-20,25H,2-5,10-11H2,1H3,(H,30,32). The molecule has 0 radical (unpaired) electrons. The molecule has 2 aliphatic rings. The number of thioether (sulfide) groups is 1. The first-order valence-corrected chi connectivity index (χ1v) is 14.1. The first-order chi connectivity index (χ1) is 17.1. The van der Waals surface area contributed by atoms with Crippen LogP contribution in [0.1, 0.15) is 45.4 Å². The first-order valence-electron chi connectivity index (χ1n) is 12.4. The molecule has 0 saturated heterocycles. The Labute approximate surface area is 215 Å². The third-order valence-electron chi connectivity index (χ3n) is 6.68. The van der Waals surface area contributed by atoms with Crippen molar-refractivity contribution in [2.75, 3.05) is 10.2 Å². The van der Waals surface area contributed by atoms with Gasteiger partial charge in [0, 0.05) is 26.3 Å². The summed E-state index contributed by atoms with van der Waals surface area (Å²) in [5, 5.41) is 2.86. The predicted octanol–water partition coefficient (Wildman–Crippen LogP) is 7.91. The number of carbonyl (C=O) groups excluding carboxylic acids is 2. The molecule has 35 heavy (non-hydrogen) atoms. The SMILES string of the molecule is CCC(Sc1ccc(NC(=O)C2CCCCC2)cc1)C(=O)N1c2ccccc2Sc2ccccc21. The maximum atomic E-state index is 13.9. The third-order valence-corrected chi connectivity index (χ3v) is 9.17. The number of hydrogen-bond donors (Lipinski definition) is 1. The second-order valence-electron chi connectivity index (χ2n) is 9.07. The monoisotopic (exact) mass is 502 g/mol. The topological polar surface area (TPSA) is 49.4 Å². The molecule has 0 aromatic heterocycles. The van der Waals surface area contributed by atoms with Crippen LogP contribution >= 0.6 is 23.5 Å². The summed E-state index contributed by atoms with van der Waals surface area (Å²) in [6, 6.07) is 24.1. The van der Waals surface area contributed by atoms with E-state index < -0.39 is 0 Å². The van der Waals surface area contributed by atoms with E-state index in [0.717, 1.165) is 63.9 Å². The van der Waals surface area contributed by atoms with Crippen LogP contribution in [0.3, 0.4) is 0 Å². The van der Waals surface area contributed by atoms with Crippen LogP contribution in [0.4, 0.5) is 17.1 Å². The summed E-state index contributed by atoms with van der Waals surface area (Å²) in [5.41, 5.74) is 2.71. The van der Waals surface area contributed by atoms with Crippen molar-refractivity contribution in [3.05, 3.63) is 72.8 Å². The molecule has 1 aliphatic carbocycles. The van der Waals surface area contributed by atoms with E-state index in [1.165, 1.54) is 6.42 Å². The summed E-state index contributed by atoms with van der Waals surface area (Å²) >= 11 is 3.29. The van der Waals surface area contributed by atoms with Gasteiger partial charge in [0.15, 0.2) is 0 Å². The number of hydrogen-bond acceptors (Lipinski definition) is 4. The van der Waals surface area contributed by atoms with Gasteiger partial charge in [0.1, 0.15) is 0 Å². The molecule has 1 unspecified atom stereocenters. The minimum absolute atomic E-state index is 0.0902. The quantitative estimate of drug-likeness (QED) is 0.348. The number of rotatable bonds is 6. The summed E-state index contributed by atoms with van der Waals surface area (Å²) in [5.74, 6) is 0.354. The smallest absolute Gasteiger partial charge is 0.245 e. The molecule has 0 spiro atoms. The zero-order valence-corrected chi connectivity index (χ0v) is 21.5. The van der Waals surface area contributed by atoms with Crippen molar-refractivity contribution in [1.82, 2.24) is 0 Å². The van der Waals surface area contributed by atoms with Gasteiger partial charge in [0.25, 0.3) is 0 Å². The zero-order valence-electron chi connectivity index (χ0n) is 19.9. The number of nitrogens with one attached hydrogen (secondary N) is 1. The Hall–Kier alpha value is -2.70. The van der Waals surface area contributed by atoms with Crippen LogP contribution in [0.15, 0.2) is 87.5 Å². The lowest BCUT2D eigenvalue weighted by Crippen LogP contribution is -2.35. The maximum absolute atomic E-state index is 13.9. The molecule has 5 rings (SSSR count). The van der Waals surface area contributed by atoms with E-state index in [-0.39, 0.29) is 23.0 Å². The average molecular weight is 503 g/mol. The first kappa shape index (κ1) is 24.0. The molecule has 4 nitrogen and oxygen atoms in total. The summed E-state index contributed by atoms with van der Waals surface area (Å²) < 4.78 is 0. The normalized spacial score (nSPS) is 16.2. The summed E-state index contributed by atoms with van der Waals surface area (Å²) in [4.78, 5) is 31.6. The minimum Gasteiger partial charge on any atom is -0.326 e. The maximum Gasteiger partial charge on any atom is 0.245 e. The Morgan fingerprint density at radius 1 is 0.914 bits per heavy atom. The molecule has 1 aliphatic heterocycles. The fourth-order valence-electron chi connectivity index (χ4n) is 4.78. The van der Waals surface area contributed by atoms with E-state index in [1.54, 1.807) is 23.5 Å². The van der Waals surface area contributed by atoms with Gasteiger partial charge in [-0.25, -0.2) is 0 Å². The number of benzene rings is 3. The van der Waals surface area contributed by atoms with Gasteiger partial charge in [-0.05, 0) is 67.8 Å². The second-order valence-corrected chi connectivity index (χ2v) is 11.4. The predicted molar refractivity (Wildman–Crippen MR) is 146 cm³/mol. The fourth-order valence-corrected chi connectivity index (χ4v) is 6.84. The van der Waals surface area contributed by atoms with Gasteiger partial charge in [0.05, 0.1) is 16.6 Å². The van der Waals surface area contributed by atoms with Crippen LogP contribution in [0.5, 0.6) is 0 Å². The fraction of sp³-hybridized carbons (Fsp3) is 0.310. The molecule has 6 heteroatoms. The molecule has 1 fully saturated rings. The molecule has 0 bridgehead atoms. The molecule has 1 saturated carbocycles. The highest BCUT2D eigenvalue weighted by molar-refractivity contribution is 8.00. The molecule has 180 valence electrons. The molecule has 2 amide bonds. The lowest BCUT2D eigenvalue weighted by atomic mass is 9.88. The minimum atomic E-state index is -0.220. The van der Waals surface area contributed by atoms with Gasteiger partial charge in [-0.15, -0.1) is 11.8 Å². The van der Waals surface area contributed by atoms with E-state index in [4.69, 9.17) is 0 Å². The van der Waals surface area contributed by atoms with E-state index in [0.29, 0.717) is 0 Å². The number of carbonyl (C=O) groups is 2. The molecule has 3 aromatic carbocycles. The molecule has 1 N–H and O–H groups in total. The molecule has 1 heterocycles. The van der Waals surface area contributed by atoms with Gasteiger partial charge in [-0.3, -0.25) is 14.5 Å². The van der Waals surface area contributed by atoms with Crippen molar-refractivity contribution in [3.8, 4) is 0 Å². The van der Waals surface area contributed by atoms with Crippen LogP contribution in [0.2, 0.25) is 0 Å². The van der Waals surface area contributed by atoms with Crippen molar-refractivity contribution in [2.45, 2.75) is 65.4 Å². The van der Waals surface area contributed by atoms with Gasteiger partial charge in [0.2, 0.25) is 11.8 Å². The van der Waals surface area contributed by atoms with E-state index in [9.17, 15) is 9.59 Å². The van der Waals surface area contributed by atoms with Gasteiger partial charge < -0.3 is 5.32 Å². The number of fused-ring (bicyclic) bond motifs is 2. The number of para-hydroxylation sites is 2. The van der Waals surface area contributed by atoms with Crippen LogP contribution in [0.25, 0.3) is 0 Å². The van der Waals surface area contributed by atoms with Crippen molar-refractivity contribution in [3.63, 3.8) is 0 Å². The van der Waals surface area contributed by atoms with Crippen molar-refractivity contribution < 1.29 is 9.59 Å². The summed E-state index contributed by atoms with van der Waals surface area (Å²) in [6.07, 6.45) is 6.22. The van der Waals surface area contributed by atoms with Gasteiger partial charge >= 0.3 is 0 Å². The average Bonchev–Trinajstić information content (AvgIpc) is 2.91. The molecular formula is C29H30N2O2S2. The van der Waals surface area contributed by atoms with Crippen LogP contribution < -0.4 is 10.2 Å². The van der Waals surface area contributed by atoms with Crippen LogP contribution in [-0.2, 0) is 9.59 Å². The lowest BCUT2D eigenvalue weighted by molar-refractivity contribution is -0.120. The summed E-state index contributed by atoms with van der Waals surface area (Å²) in [6.45, 7) is 2.06. The zero-order chi connectivity index (χ0) is 24.2.